The molecule has 29 heavy (non-hydrogen) atoms. The molecule has 0 saturated heterocycles. The van der Waals surface area contributed by atoms with Gasteiger partial charge in [-0.3, -0.25) is 4.79 Å². The van der Waals surface area contributed by atoms with Gasteiger partial charge in [-0.2, -0.15) is 5.26 Å². The van der Waals surface area contributed by atoms with Gasteiger partial charge in [-0.05, 0) is 36.3 Å². The highest BCUT2D eigenvalue weighted by Crippen LogP contribution is 2.22. The summed E-state index contributed by atoms with van der Waals surface area (Å²) in [5, 5.41) is 12.1. The summed E-state index contributed by atoms with van der Waals surface area (Å²) >= 11 is 0. The third-order valence-corrected chi connectivity index (χ3v) is 4.17. The Hall–Kier alpha value is -3.59. The zero-order chi connectivity index (χ0) is 21.1. The van der Waals surface area contributed by atoms with E-state index in [4.69, 9.17) is 4.74 Å². The molecule has 6 nitrogen and oxygen atoms in total. The van der Waals surface area contributed by atoms with Crippen molar-refractivity contribution in [3.05, 3.63) is 70.8 Å². The van der Waals surface area contributed by atoms with Crippen LogP contribution in [0.2, 0.25) is 0 Å². The Morgan fingerprint density at radius 1 is 1.14 bits per heavy atom. The number of amides is 1. The smallest absolute Gasteiger partial charge is 0.337 e. The quantitative estimate of drug-likeness (QED) is 0.303. The number of nitriles is 1. The number of esters is 1. The molecule has 0 bridgehead atoms. The molecule has 0 aliphatic heterocycles. The van der Waals surface area contributed by atoms with Gasteiger partial charge in [-0.15, -0.1) is 0 Å². The Kier molecular flexibility index (Phi) is 8.46. The summed E-state index contributed by atoms with van der Waals surface area (Å²) in [6.07, 6.45) is 3.35. The molecule has 2 aromatic carbocycles. The molecule has 0 aromatic heterocycles. The number of hydrogen-bond donors (Lipinski definition) is 1. The lowest BCUT2D eigenvalue weighted by Gasteiger charge is -2.10. The lowest BCUT2D eigenvalue weighted by Crippen LogP contribution is -2.25. The Labute approximate surface area is 170 Å². The van der Waals surface area contributed by atoms with Gasteiger partial charge in [-0.25, -0.2) is 4.79 Å². The molecule has 6 heteroatoms. The first-order chi connectivity index (χ1) is 14.1. The predicted molar refractivity (Wildman–Crippen MR) is 110 cm³/mol. The van der Waals surface area contributed by atoms with Crippen LogP contribution < -0.4 is 10.1 Å². The van der Waals surface area contributed by atoms with Crippen LogP contribution in [-0.2, 0) is 16.1 Å². The van der Waals surface area contributed by atoms with Crippen molar-refractivity contribution < 1.29 is 19.1 Å². The lowest BCUT2D eigenvalue weighted by atomic mass is 10.1. The molecule has 150 valence electrons. The number of hydrogen-bond acceptors (Lipinski definition) is 5. The molecule has 1 N–H and O–H groups in total. The molecule has 0 atom stereocenters. The molecule has 0 fully saturated rings. The molecule has 0 radical (unpaired) electrons. The monoisotopic (exact) mass is 392 g/mol. The van der Waals surface area contributed by atoms with Crippen LogP contribution in [0.25, 0.3) is 6.08 Å². The van der Waals surface area contributed by atoms with E-state index in [1.165, 1.54) is 13.2 Å². The lowest BCUT2D eigenvalue weighted by molar-refractivity contribution is -0.117. The fourth-order valence-electron chi connectivity index (χ4n) is 2.53. The zero-order valence-electron chi connectivity index (χ0n) is 16.6. The summed E-state index contributed by atoms with van der Waals surface area (Å²) in [5.74, 6) is -0.234. The molecule has 0 unspecified atom stereocenters. The number of para-hydroxylation sites is 1. The van der Waals surface area contributed by atoms with Crippen molar-refractivity contribution in [2.75, 3.05) is 13.7 Å². The van der Waals surface area contributed by atoms with Crippen molar-refractivity contribution >= 4 is 18.0 Å². The molecule has 2 rings (SSSR count). The largest absolute Gasteiger partial charge is 0.488 e. The number of benzene rings is 2. The maximum Gasteiger partial charge on any atom is 0.337 e. The van der Waals surface area contributed by atoms with E-state index < -0.39 is 11.9 Å². The van der Waals surface area contributed by atoms with Crippen LogP contribution in [0.15, 0.2) is 54.1 Å². The van der Waals surface area contributed by atoms with Gasteiger partial charge in [-0.1, -0.05) is 43.7 Å². The first kappa shape index (κ1) is 21.7. The van der Waals surface area contributed by atoms with Crippen molar-refractivity contribution in [3.63, 3.8) is 0 Å². The molecule has 0 heterocycles. The summed E-state index contributed by atoms with van der Waals surface area (Å²) < 4.78 is 10.6. The minimum atomic E-state index is -0.394. The van der Waals surface area contributed by atoms with E-state index in [9.17, 15) is 14.9 Å². The number of carbonyl (C=O) groups excluding carboxylic acids is 2. The van der Waals surface area contributed by atoms with Crippen LogP contribution in [0.4, 0.5) is 0 Å². The number of unbranched alkanes of at least 4 members (excludes halogenated alkanes) is 1. The summed E-state index contributed by atoms with van der Waals surface area (Å²) in [7, 11) is 1.34. The molecule has 0 aliphatic rings. The Bertz CT molecular complexity index is 911. The van der Waals surface area contributed by atoms with Crippen molar-refractivity contribution in [1.29, 1.82) is 5.26 Å². The predicted octanol–water partition coefficient (Wildman–Crippen LogP) is 3.88. The SMILES string of the molecule is CCCCNC(=O)/C(C#N)=C/c1ccccc1OCc1ccc(C(=O)OC)cc1. The Balaban J connectivity index is 2.10. The number of carbonyl (C=O) groups is 2. The normalized spacial score (nSPS) is 10.7. The second-order valence-corrected chi connectivity index (χ2v) is 6.29. The highest BCUT2D eigenvalue weighted by molar-refractivity contribution is 6.01. The van der Waals surface area contributed by atoms with Gasteiger partial charge in [0.15, 0.2) is 0 Å². The average molecular weight is 392 g/mol. The topological polar surface area (TPSA) is 88.4 Å². The van der Waals surface area contributed by atoms with Gasteiger partial charge in [0, 0.05) is 12.1 Å². The summed E-state index contributed by atoms with van der Waals surface area (Å²) in [4.78, 5) is 23.7. The van der Waals surface area contributed by atoms with E-state index in [2.05, 4.69) is 10.1 Å². The van der Waals surface area contributed by atoms with E-state index in [-0.39, 0.29) is 12.2 Å². The fraction of sp³-hybridized carbons (Fsp3) is 0.261. The van der Waals surface area contributed by atoms with Crippen molar-refractivity contribution in [2.24, 2.45) is 0 Å². The van der Waals surface area contributed by atoms with E-state index in [1.54, 1.807) is 36.4 Å². The first-order valence-electron chi connectivity index (χ1n) is 9.38. The number of nitrogens with one attached hydrogen (secondary N) is 1. The van der Waals surface area contributed by atoms with Crippen LogP contribution in [0.5, 0.6) is 5.75 Å². The maximum atomic E-state index is 12.2. The van der Waals surface area contributed by atoms with Crippen molar-refractivity contribution in [2.45, 2.75) is 26.4 Å². The van der Waals surface area contributed by atoms with Crippen molar-refractivity contribution in [3.8, 4) is 11.8 Å². The number of ether oxygens (including phenoxy) is 2. The van der Waals surface area contributed by atoms with Gasteiger partial charge in [0.2, 0.25) is 0 Å². The third-order valence-electron chi connectivity index (χ3n) is 4.17. The number of methoxy groups -OCH3 is 1. The molecular formula is C23H24N2O4. The minimum absolute atomic E-state index is 0.0274. The van der Waals surface area contributed by atoms with Crippen LogP contribution >= 0.6 is 0 Å². The van der Waals surface area contributed by atoms with Gasteiger partial charge in [0.05, 0.1) is 12.7 Å². The standard InChI is InChI=1S/C23H24N2O4/c1-3-4-13-25-22(26)20(15-24)14-19-7-5-6-8-21(19)29-16-17-9-11-18(12-10-17)23(27)28-2/h5-12,14H,3-4,13,16H2,1-2H3,(H,25,26)/b20-14+. The Morgan fingerprint density at radius 3 is 2.52 bits per heavy atom. The highest BCUT2D eigenvalue weighted by Gasteiger charge is 2.11. The maximum absolute atomic E-state index is 12.2. The zero-order valence-corrected chi connectivity index (χ0v) is 16.6. The summed E-state index contributed by atoms with van der Waals surface area (Å²) in [6.45, 7) is 2.84. The molecule has 0 aliphatic carbocycles. The fourth-order valence-corrected chi connectivity index (χ4v) is 2.53. The molecule has 0 saturated carbocycles. The van der Waals surface area contributed by atoms with Crippen LogP contribution in [0, 0.1) is 11.3 Å². The summed E-state index contributed by atoms with van der Waals surface area (Å²) in [5.41, 5.74) is 2.00. The van der Waals surface area contributed by atoms with E-state index in [0.717, 1.165) is 18.4 Å². The van der Waals surface area contributed by atoms with Gasteiger partial charge in [0.25, 0.3) is 5.91 Å². The first-order valence-corrected chi connectivity index (χ1v) is 9.38. The molecule has 2 aromatic rings. The van der Waals surface area contributed by atoms with Crippen LogP contribution in [0.1, 0.15) is 41.3 Å². The van der Waals surface area contributed by atoms with Gasteiger partial charge < -0.3 is 14.8 Å². The van der Waals surface area contributed by atoms with E-state index in [1.807, 2.05) is 25.1 Å². The van der Waals surface area contributed by atoms with Crippen LogP contribution in [0.3, 0.4) is 0 Å². The molecule has 1 amide bonds. The van der Waals surface area contributed by atoms with Crippen molar-refractivity contribution in [1.82, 2.24) is 5.32 Å². The van der Waals surface area contributed by atoms with Crippen LogP contribution in [-0.4, -0.2) is 25.5 Å². The third kappa shape index (κ3) is 6.51. The van der Waals surface area contributed by atoms with E-state index >= 15 is 0 Å². The van der Waals surface area contributed by atoms with Gasteiger partial charge >= 0.3 is 5.97 Å². The van der Waals surface area contributed by atoms with E-state index in [0.29, 0.717) is 23.4 Å². The van der Waals surface area contributed by atoms with Gasteiger partial charge in [0.1, 0.15) is 24.0 Å². The average Bonchev–Trinajstić information content (AvgIpc) is 2.76. The number of nitrogens with zero attached hydrogens (tertiary/aromatic N) is 1. The highest BCUT2D eigenvalue weighted by atomic mass is 16.5. The second kappa shape index (κ2) is 11.3. The second-order valence-electron chi connectivity index (χ2n) is 6.29. The number of rotatable bonds is 9. The molecular weight excluding hydrogens is 368 g/mol. The summed E-state index contributed by atoms with van der Waals surface area (Å²) in [6, 6.07) is 16.1. The molecule has 0 spiro atoms. The Morgan fingerprint density at radius 2 is 1.86 bits per heavy atom. The minimum Gasteiger partial charge on any atom is -0.488 e.